The lowest BCUT2D eigenvalue weighted by molar-refractivity contribution is -0.279. The van der Waals surface area contributed by atoms with Gasteiger partial charge in [-0.1, -0.05) is 44.2 Å². The molecular weight excluding hydrogens is 243 g/mol. The van der Waals surface area contributed by atoms with Crippen LogP contribution < -0.4 is 0 Å². The smallest absolute Gasteiger partial charge is 0.301 e. The Labute approximate surface area is 105 Å². The maximum atomic E-state index is 13.0. The molecule has 0 spiro atoms. The molecular formula is C13H18F3NO. The largest absolute Gasteiger partial charge is 0.406 e. The lowest BCUT2D eigenvalue weighted by atomic mass is 10.0. The van der Waals surface area contributed by atoms with Crippen molar-refractivity contribution in [2.45, 2.75) is 32.6 Å². The third kappa shape index (κ3) is 3.99. The number of alkyl halides is 3. The molecule has 0 bridgehead atoms. The summed E-state index contributed by atoms with van der Waals surface area (Å²) in [5.41, 5.74) is 0.786. The Morgan fingerprint density at radius 3 is 2.11 bits per heavy atom. The minimum atomic E-state index is -4.31. The molecule has 0 aliphatic carbocycles. The fraction of sp³-hybridized carbons (Fsp3) is 0.538. The number of hydrogen-bond donors (Lipinski definition) is 0. The third-order valence-electron chi connectivity index (χ3n) is 2.69. The Morgan fingerprint density at radius 2 is 1.72 bits per heavy atom. The van der Waals surface area contributed by atoms with Crippen LogP contribution in [0.3, 0.4) is 0 Å². The van der Waals surface area contributed by atoms with Crippen molar-refractivity contribution >= 4 is 0 Å². The number of nitrogens with zero attached hydrogens (tertiary/aromatic N) is 1. The summed E-state index contributed by atoms with van der Waals surface area (Å²) in [6.07, 6.45) is -4.31. The lowest BCUT2D eigenvalue weighted by Crippen LogP contribution is -2.48. The fourth-order valence-electron chi connectivity index (χ4n) is 1.91. The van der Waals surface area contributed by atoms with Crippen LogP contribution in [0.5, 0.6) is 0 Å². The molecule has 1 aromatic carbocycles. The number of hydrogen-bond acceptors (Lipinski definition) is 2. The van der Waals surface area contributed by atoms with E-state index in [4.69, 9.17) is 4.84 Å². The molecule has 18 heavy (non-hydrogen) atoms. The highest BCUT2D eigenvalue weighted by Gasteiger charge is 2.46. The third-order valence-corrected chi connectivity index (χ3v) is 2.69. The van der Waals surface area contributed by atoms with Crippen LogP contribution in [0.1, 0.15) is 19.4 Å². The molecule has 1 aromatic rings. The predicted octanol–water partition coefficient (Wildman–Crippen LogP) is 3.64. The van der Waals surface area contributed by atoms with Crippen LogP contribution in [-0.2, 0) is 11.4 Å². The summed E-state index contributed by atoms with van der Waals surface area (Å²) >= 11 is 0. The van der Waals surface area contributed by atoms with Crippen molar-refractivity contribution in [2.75, 3.05) is 7.11 Å². The summed E-state index contributed by atoms with van der Waals surface area (Å²) in [4.78, 5) is 4.92. The molecule has 2 nitrogen and oxygen atoms in total. The van der Waals surface area contributed by atoms with Crippen molar-refractivity contribution in [3.63, 3.8) is 0 Å². The first-order chi connectivity index (χ1) is 8.36. The molecule has 0 aliphatic heterocycles. The summed E-state index contributed by atoms with van der Waals surface area (Å²) in [7, 11) is 1.27. The van der Waals surface area contributed by atoms with Crippen LogP contribution >= 0.6 is 0 Å². The first kappa shape index (κ1) is 15.0. The summed E-state index contributed by atoms with van der Waals surface area (Å²) in [6, 6.07) is 7.36. The van der Waals surface area contributed by atoms with Gasteiger partial charge in [0.1, 0.15) is 6.04 Å². The zero-order chi connectivity index (χ0) is 13.8. The van der Waals surface area contributed by atoms with Crippen LogP contribution in [0.15, 0.2) is 30.3 Å². The van der Waals surface area contributed by atoms with Gasteiger partial charge in [-0.25, -0.2) is 0 Å². The topological polar surface area (TPSA) is 12.5 Å². The van der Waals surface area contributed by atoms with Gasteiger partial charge in [-0.3, -0.25) is 0 Å². The van der Waals surface area contributed by atoms with Crippen molar-refractivity contribution < 1.29 is 18.0 Å². The molecule has 0 saturated heterocycles. The predicted molar refractivity (Wildman–Crippen MR) is 63.7 cm³/mol. The summed E-state index contributed by atoms with van der Waals surface area (Å²) in [5.74, 6) is -0.575. The Kier molecular flexibility index (Phi) is 5.16. The number of rotatable bonds is 5. The van der Waals surface area contributed by atoms with E-state index in [0.29, 0.717) is 0 Å². The molecule has 1 unspecified atom stereocenters. The van der Waals surface area contributed by atoms with Gasteiger partial charge in [0.15, 0.2) is 0 Å². The molecule has 0 amide bonds. The Morgan fingerprint density at radius 1 is 1.17 bits per heavy atom. The second-order valence-electron chi connectivity index (χ2n) is 4.47. The summed E-state index contributed by atoms with van der Waals surface area (Å²) < 4.78 is 39.0. The van der Waals surface area contributed by atoms with E-state index < -0.39 is 18.1 Å². The van der Waals surface area contributed by atoms with Crippen molar-refractivity contribution in [3.05, 3.63) is 35.9 Å². The lowest BCUT2D eigenvalue weighted by Gasteiger charge is -2.33. The number of halogens is 3. The van der Waals surface area contributed by atoms with E-state index in [1.54, 1.807) is 24.3 Å². The molecule has 0 N–H and O–H groups in total. The average Bonchev–Trinajstić information content (AvgIpc) is 2.27. The number of benzene rings is 1. The molecule has 0 aromatic heterocycles. The molecule has 0 radical (unpaired) electrons. The molecule has 0 aliphatic rings. The van der Waals surface area contributed by atoms with E-state index >= 15 is 0 Å². The van der Waals surface area contributed by atoms with Gasteiger partial charge in [-0.15, -0.1) is 0 Å². The minimum absolute atomic E-state index is 0.111. The second kappa shape index (κ2) is 6.20. The zero-order valence-electron chi connectivity index (χ0n) is 10.7. The van der Waals surface area contributed by atoms with Crippen molar-refractivity contribution in [2.24, 2.45) is 5.92 Å². The molecule has 5 heteroatoms. The zero-order valence-corrected chi connectivity index (χ0v) is 10.7. The molecule has 0 fully saturated rings. The summed E-state index contributed by atoms with van der Waals surface area (Å²) in [5, 5.41) is 0.986. The van der Waals surface area contributed by atoms with Gasteiger partial charge in [0.25, 0.3) is 0 Å². The first-order valence-corrected chi connectivity index (χ1v) is 5.77. The van der Waals surface area contributed by atoms with Gasteiger partial charge >= 0.3 is 6.18 Å². The SMILES string of the molecule is CON(Cc1ccccc1)C(C(C)C)C(F)(F)F. The van der Waals surface area contributed by atoms with Gasteiger partial charge in [0.2, 0.25) is 0 Å². The Balaban J connectivity index is 2.87. The van der Waals surface area contributed by atoms with Gasteiger partial charge in [0, 0.05) is 6.54 Å². The molecule has 1 atom stereocenters. The van der Waals surface area contributed by atoms with Gasteiger partial charge < -0.3 is 4.84 Å². The van der Waals surface area contributed by atoms with Crippen LogP contribution in [-0.4, -0.2) is 24.4 Å². The second-order valence-corrected chi connectivity index (χ2v) is 4.47. The van der Waals surface area contributed by atoms with Crippen LogP contribution in [0.2, 0.25) is 0 Å². The highest BCUT2D eigenvalue weighted by Crippen LogP contribution is 2.31. The summed E-state index contributed by atoms with van der Waals surface area (Å²) in [6.45, 7) is 3.18. The van der Waals surface area contributed by atoms with E-state index in [2.05, 4.69) is 0 Å². The van der Waals surface area contributed by atoms with Gasteiger partial charge in [-0.05, 0) is 11.5 Å². The highest BCUT2D eigenvalue weighted by atomic mass is 19.4. The van der Waals surface area contributed by atoms with E-state index in [1.807, 2.05) is 6.07 Å². The molecule has 102 valence electrons. The molecule has 0 saturated carbocycles. The average molecular weight is 261 g/mol. The maximum absolute atomic E-state index is 13.0. The van der Waals surface area contributed by atoms with E-state index in [0.717, 1.165) is 10.6 Å². The standard InChI is InChI=1S/C13H18F3NO/c1-10(2)12(13(14,15)16)17(18-3)9-11-7-5-4-6-8-11/h4-8,10,12H,9H2,1-3H3. The van der Waals surface area contributed by atoms with Crippen LogP contribution in [0, 0.1) is 5.92 Å². The quantitative estimate of drug-likeness (QED) is 0.750. The molecule has 1 rings (SSSR count). The van der Waals surface area contributed by atoms with Crippen molar-refractivity contribution in [1.29, 1.82) is 0 Å². The monoisotopic (exact) mass is 261 g/mol. The van der Waals surface area contributed by atoms with E-state index in [1.165, 1.54) is 21.0 Å². The normalized spacial score (nSPS) is 14.2. The van der Waals surface area contributed by atoms with Crippen molar-refractivity contribution in [3.8, 4) is 0 Å². The van der Waals surface area contributed by atoms with Crippen molar-refractivity contribution in [1.82, 2.24) is 5.06 Å². The van der Waals surface area contributed by atoms with Crippen LogP contribution in [0.25, 0.3) is 0 Å². The highest BCUT2D eigenvalue weighted by molar-refractivity contribution is 5.14. The first-order valence-electron chi connectivity index (χ1n) is 5.77. The van der Waals surface area contributed by atoms with Gasteiger partial charge in [0.05, 0.1) is 7.11 Å². The Hall–Kier alpha value is -1.07. The molecule has 0 heterocycles. The minimum Gasteiger partial charge on any atom is -0.301 e. The number of hydroxylamine groups is 2. The van der Waals surface area contributed by atoms with E-state index in [9.17, 15) is 13.2 Å². The van der Waals surface area contributed by atoms with E-state index in [-0.39, 0.29) is 6.54 Å². The Bertz CT molecular complexity index is 351. The maximum Gasteiger partial charge on any atom is 0.406 e. The van der Waals surface area contributed by atoms with Crippen LogP contribution in [0.4, 0.5) is 13.2 Å². The fourth-order valence-corrected chi connectivity index (χ4v) is 1.91. The van der Waals surface area contributed by atoms with Gasteiger partial charge in [-0.2, -0.15) is 18.2 Å².